The van der Waals surface area contributed by atoms with Crippen molar-refractivity contribution < 1.29 is 26.7 Å². The lowest BCUT2D eigenvalue weighted by Gasteiger charge is -2.21. The minimum absolute atomic E-state index is 0.0423. The molecule has 184 valence electrons. The van der Waals surface area contributed by atoms with Gasteiger partial charge in [-0.25, -0.2) is 18.7 Å². The molecule has 0 unspecified atom stereocenters. The monoisotopic (exact) mass is 501 g/mol. The maximum absolute atomic E-state index is 14.5. The van der Waals surface area contributed by atoms with E-state index in [-0.39, 0.29) is 50.7 Å². The molecule has 0 amide bonds. The van der Waals surface area contributed by atoms with Crippen LogP contribution in [0.15, 0.2) is 41.5 Å². The van der Waals surface area contributed by atoms with E-state index in [4.69, 9.17) is 4.74 Å². The van der Waals surface area contributed by atoms with Crippen molar-refractivity contribution in [3.8, 4) is 29.0 Å². The number of nitrogens with zero attached hydrogens (tertiary/aromatic N) is 4. The molecule has 0 fully saturated rings. The molecule has 12 heteroatoms. The third-order valence-corrected chi connectivity index (χ3v) is 5.41. The lowest BCUT2D eigenvalue weighted by Crippen LogP contribution is -2.14. The van der Waals surface area contributed by atoms with Crippen LogP contribution >= 0.6 is 0 Å². The van der Waals surface area contributed by atoms with Gasteiger partial charge in [0, 0.05) is 32.6 Å². The van der Waals surface area contributed by atoms with Gasteiger partial charge < -0.3 is 14.6 Å². The number of halogens is 5. The summed E-state index contributed by atoms with van der Waals surface area (Å²) in [5.74, 6) is -2.98. The molecule has 0 radical (unpaired) electrons. The first-order chi connectivity index (χ1) is 16.9. The molecule has 0 bridgehead atoms. The molecule has 4 rings (SSSR count). The van der Waals surface area contributed by atoms with Crippen LogP contribution in [0.4, 0.5) is 27.6 Å². The first-order valence-electron chi connectivity index (χ1n) is 10.3. The first-order valence-corrected chi connectivity index (χ1v) is 10.3. The molecular formula is C24H16F5N5O2. The number of nitrogens with one attached hydrogen (secondary N) is 1. The predicted molar refractivity (Wildman–Crippen MR) is 121 cm³/mol. The Morgan fingerprint density at radius 3 is 2.50 bits per heavy atom. The van der Waals surface area contributed by atoms with Gasteiger partial charge in [0.15, 0.2) is 28.5 Å². The zero-order chi connectivity index (χ0) is 26.4. The zero-order valence-electron chi connectivity index (χ0n) is 19.0. The fourth-order valence-electron chi connectivity index (χ4n) is 3.80. The third kappa shape index (κ3) is 4.19. The molecule has 1 aromatic carbocycles. The predicted octanol–water partition coefficient (Wildman–Crippen LogP) is 5.32. The highest BCUT2D eigenvalue weighted by atomic mass is 19.4. The topological polar surface area (TPSA) is 94.9 Å². The van der Waals surface area contributed by atoms with Crippen molar-refractivity contribution in [2.45, 2.75) is 13.1 Å². The van der Waals surface area contributed by atoms with Crippen molar-refractivity contribution >= 4 is 16.6 Å². The van der Waals surface area contributed by atoms with Gasteiger partial charge in [0.25, 0.3) is 0 Å². The second kappa shape index (κ2) is 8.92. The molecule has 0 saturated carbocycles. The van der Waals surface area contributed by atoms with E-state index in [1.807, 2.05) is 0 Å². The molecule has 3 heterocycles. The van der Waals surface area contributed by atoms with Crippen molar-refractivity contribution in [1.82, 2.24) is 15.0 Å². The Morgan fingerprint density at radius 2 is 1.86 bits per heavy atom. The number of hydrogen-bond donors (Lipinski definition) is 1. The van der Waals surface area contributed by atoms with Crippen LogP contribution in [0.25, 0.3) is 22.2 Å². The Balaban J connectivity index is 2.01. The van der Waals surface area contributed by atoms with Gasteiger partial charge in [-0.2, -0.15) is 18.4 Å². The van der Waals surface area contributed by atoms with Crippen LogP contribution < -0.4 is 15.1 Å². The van der Waals surface area contributed by atoms with Crippen molar-refractivity contribution in [3.05, 3.63) is 75.3 Å². The second-order valence-corrected chi connectivity index (χ2v) is 7.92. The Hall–Kier alpha value is -4.53. The van der Waals surface area contributed by atoms with E-state index in [0.29, 0.717) is 6.20 Å². The highest BCUT2D eigenvalue weighted by Crippen LogP contribution is 2.42. The van der Waals surface area contributed by atoms with E-state index in [2.05, 4.69) is 15.0 Å². The van der Waals surface area contributed by atoms with Crippen LogP contribution in [0.1, 0.15) is 16.8 Å². The number of rotatable bonds is 4. The van der Waals surface area contributed by atoms with E-state index in [1.54, 1.807) is 6.07 Å². The van der Waals surface area contributed by atoms with Crippen molar-refractivity contribution in [3.63, 3.8) is 0 Å². The zero-order valence-corrected chi connectivity index (χ0v) is 19.0. The molecule has 0 aliphatic carbocycles. The van der Waals surface area contributed by atoms with Crippen molar-refractivity contribution in [2.75, 3.05) is 19.0 Å². The first kappa shape index (κ1) is 24.6. The molecule has 7 nitrogen and oxygen atoms in total. The van der Waals surface area contributed by atoms with E-state index < -0.39 is 28.8 Å². The van der Waals surface area contributed by atoms with Gasteiger partial charge in [0.05, 0.1) is 27.7 Å². The maximum atomic E-state index is 14.5. The fraction of sp³-hybridized carbons (Fsp3) is 0.167. The Morgan fingerprint density at radius 1 is 1.14 bits per heavy atom. The van der Waals surface area contributed by atoms with E-state index >= 15 is 0 Å². The summed E-state index contributed by atoms with van der Waals surface area (Å²) < 4.78 is 75.2. The Bertz CT molecular complexity index is 1610. The van der Waals surface area contributed by atoms with Gasteiger partial charge in [0.1, 0.15) is 11.8 Å². The summed E-state index contributed by atoms with van der Waals surface area (Å²) in [7, 11) is 2.86. The van der Waals surface area contributed by atoms with Crippen molar-refractivity contribution in [1.29, 1.82) is 5.26 Å². The van der Waals surface area contributed by atoms with Crippen LogP contribution in [0.2, 0.25) is 0 Å². The molecular weight excluding hydrogens is 485 g/mol. The van der Waals surface area contributed by atoms with Gasteiger partial charge in [0.2, 0.25) is 5.88 Å². The normalized spacial score (nSPS) is 11.4. The number of nitriles is 1. The molecule has 4 aromatic rings. The van der Waals surface area contributed by atoms with Gasteiger partial charge in [-0.3, -0.25) is 4.79 Å². The lowest BCUT2D eigenvalue weighted by molar-refractivity contribution is -0.138. The van der Waals surface area contributed by atoms with Gasteiger partial charge >= 0.3 is 6.18 Å². The standard InChI is InChI=1S/C24H16F5N5O2/c1-11-12(24(27,28)29)10-32-23(36-18-5-4-13(25)21(26)22(18)34(2)3)19(11)15-8-17(35)20-14(33-15)6-7-31-16(20)9-30/h4-8,10H,1-3H3,(H,33,35). The summed E-state index contributed by atoms with van der Waals surface area (Å²) >= 11 is 0. The minimum Gasteiger partial charge on any atom is -0.436 e. The molecule has 0 aliphatic heterocycles. The van der Waals surface area contributed by atoms with Gasteiger partial charge in [-0.05, 0) is 30.7 Å². The summed E-state index contributed by atoms with van der Waals surface area (Å²) in [4.78, 5) is 24.6. The number of aromatic amines is 1. The summed E-state index contributed by atoms with van der Waals surface area (Å²) in [5, 5.41) is 9.21. The quantitative estimate of drug-likeness (QED) is 0.381. The number of H-pyrrole nitrogens is 1. The highest BCUT2D eigenvalue weighted by Gasteiger charge is 2.35. The largest absolute Gasteiger partial charge is 0.436 e. The molecule has 3 aromatic heterocycles. The highest BCUT2D eigenvalue weighted by molar-refractivity contribution is 5.86. The minimum atomic E-state index is -4.78. The Kier molecular flexibility index (Phi) is 6.09. The average Bonchev–Trinajstić information content (AvgIpc) is 2.80. The molecule has 0 atom stereocenters. The third-order valence-electron chi connectivity index (χ3n) is 5.41. The van der Waals surface area contributed by atoms with Crippen LogP contribution in [0, 0.1) is 29.9 Å². The Labute approximate surface area is 200 Å². The number of pyridine rings is 3. The number of fused-ring (bicyclic) bond motifs is 1. The summed E-state index contributed by atoms with van der Waals surface area (Å²) in [6.45, 7) is 1.17. The SMILES string of the molecule is Cc1c(C(F)(F)F)cnc(Oc2ccc(F)c(F)c2N(C)C)c1-c1cc(=O)c2c(C#N)nccc2[nH]1. The van der Waals surface area contributed by atoms with Gasteiger partial charge in [-0.15, -0.1) is 0 Å². The second-order valence-electron chi connectivity index (χ2n) is 7.92. The lowest BCUT2D eigenvalue weighted by atomic mass is 10.0. The maximum Gasteiger partial charge on any atom is 0.418 e. The summed E-state index contributed by atoms with van der Waals surface area (Å²) in [5.41, 5.74) is -2.72. The van der Waals surface area contributed by atoms with E-state index in [1.165, 1.54) is 38.2 Å². The smallest absolute Gasteiger partial charge is 0.418 e. The molecule has 0 aliphatic rings. The van der Waals surface area contributed by atoms with Crippen LogP contribution in [0.3, 0.4) is 0 Å². The number of hydrogen-bond acceptors (Lipinski definition) is 6. The number of alkyl halides is 3. The van der Waals surface area contributed by atoms with Gasteiger partial charge in [-0.1, -0.05) is 0 Å². The molecule has 0 saturated heterocycles. The van der Waals surface area contributed by atoms with E-state index in [0.717, 1.165) is 18.2 Å². The average molecular weight is 501 g/mol. The summed E-state index contributed by atoms with van der Waals surface area (Å²) in [6, 6.07) is 6.10. The van der Waals surface area contributed by atoms with Crippen LogP contribution in [-0.4, -0.2) is 29.0 Å². The fourth-order valence-corrected chi connectivity index (χ4v) is 3.80. The van der Waals surface area contributed by atoms with Crippen LogP contribution in [0.5, 0.6) is 11.6 Å². The molecule has 1 N–H and O–H groups in total. The molecule has 36 heavy (non-hydrogen) atoms. The number of anilines is 1. The summed E-state index contributed by atoms with van der Waals surface area (Å²) in [6.07, 6.45) is -2.96. The number of aromatic nitrogens is 3. The van der Waals surface area contributed by atoms with Crippen LogP contribution in [-0.2, 0) is 6.18 Å². The van der Waals surface area contributed by atoms with E-state index in [9.17, 15) is 32.0 Å². The number of benzene rings is 1. The molecule has 0 spiro atoms. The van der Waals surface area contributed by atoms with Crippen molar-refractivity contribution in [2.24, 2.45) is 0 Å². The number of ether oxygens (including phenoxy) is 1.